The van der Waals surface area contributed by atoms with Crippen LogP contribution < -0.4 is 5.32 Å². The molecule has 138 valence electrons. The van der Waals surface area contributed by atoms with Crippen LogP contribution in [0.25, 0.3) is 22.0 Å². The summed E-state index contributed by atoms with van der Waals surface area (Å²) in [5, 5.41) is 7.54. The molecule has 7 heteroatoms. The molecule has 0 unspecified atom stereocenters. The maximum Gasteiger partial charge on any atom is 0.412 e. The molecule has 2 heterocycles. The van der Waals surface area contributed by atoms with Gasteiger partial charge in [0.05, 0.1) is 17.4 Å². The van der Waals surface area contributed by atoms with Crippen LogP contribution in [-0.2, 0) is 4.74 Å². The average molecular weight is 358 g/mol. The number of H-pyrrole nitrogens is 1. The lowest BCUT2D eigenvalue weighted by atomic mass is 10.1. The van der Waals surface area contributed by atoms with Gasteiger partial charge in [0.1, 0.15) is 11.4 Å². The van der Waals surface area contributed by atoms with Gasteiger partial charge < -0.3 is 9.72 Å². The Morgan fingerprint density at radius 3 is 2.65 bits per heavy atom. The Kier molecular flexibility index (Phi) is 4.48. The second-order valence-corrected chi connectivity index (χ2v) is 7.51. The van der Waals surface area contributed by atoms with Gasteiger partial charge in [-0.1, -0.05) is 0 Å². The summed E-state index contributed by atoms with van der Waals surface area (Å²) >= 11 is 0. The molecule has 0 aliphatic rings. The Hall–Kier alpha value is -2.83. The number of halogens is 1. The minimum absolute atomic E-state index is 0.217. The van der Waals surface area contributed by atoms with E-state index in [0.717, 1.165) is 5.56 Å². The van der Waals surface area contributed by atoms with Crippen molar-refractivity contribution in [2.24, 2.45) is 0 Å². The van der Waals surface area contributed by atoms with Crippen molar-refractivity contribution >= 4 is 22.7 Å². The number of hydrogen-bond acceptors (Lipinski definition) is 3. The van der Waals surface area contributed by atoms with Gasteiger partial charge in [-0.2, -0.15) is 5.10 Å². The number of anilines is 1. The number of ether oxygens (including phenoxy) is 1. The van der Waals surface area contributed by atoms with E-state index >= 15 is 0 Å². The Balaban J connectivity index is 1.97. The summed E-state index contributed by atoms with van der Waals surface area (Å²) in [4.78, 5) is 14.9. The van der Waals surface area contributed by atoms with Gasteiger partial charge in [0, 0.05) is 29.4 Å². The second-order valence-electron chi connectivity index (χ2n) is 7.51. The van der Waals surface area contributed by atoms with Gasteiger partial charge in [0.15, 0.2) is 0 Å². The number of carbonyl (C=O) groups excluding carboxylic acids is 1. The number of benzene rings is 1. The molecule has 1 amide bonds. The monoisotopic (exact) mass is 358 g/mol. The molecule has 0 saturated carbocycles. The third kappa shape index (κ3) is 3.71. The van der Waals surface area contributed by atoms with Gasteiger partial charge in [0.25, 0.3) is 0 Å². The van der Waals surface area contributed by atoms with Crippen molar-refractivity contribution in [2.75, 3.05) is 5.32 Å². The molecular formula is C19H23FN4O2. The maximum atomic E-state index is 14.5. The first kappa shape index (κ1) is 18.0. The molecule has 3 rings (SSSR count). The second kappa shape index (κ2) is 6.48. The Labute approximate surface area is 151 Å². The van der Waals surface area contributed by atoms with E-state index in [2.05, 4.69) is 15.4 Å². The van der Waals surface area contributed by atoms with Crippen molar-refractivity contribution in [2.45, 2.75) is 46.3 Å². The van der Waals surface area contributed by atoms with Gasteiger partial charge in [-0.25, -0.2) is 9.18 Å². The first-order chi connectivity index (χ1) is 12.1. The number of nitrogens with zero attached hydrogens (tertiary/aromatic N) is 2. The van der Waals surface area contributed by atoms with Crippen molar-refractivity contribution < 1.29 is 13.9 Å². The quantitative estimate of drug-likeness (QED) is 0.684. The average Bonchev–Trinajstić information content (AvgIpc) is 3.13. The number of rotatable bonds is 3. The zero-order chi connectivity index (χ0) is 19.1. The lowest BCUT2D eigenvalue weighted by Gasteiger charge is -2.19. The SMILES string of the molecule is CC(C)n1cc(-c2cc(F)c3[nH]cc(NC(=O)OC(C)(C)C)c3c2)cn1. The molecular weight excluding hydrogens is 335 g/mol. The number of nitrogens with one attached hydrogen (secondary N) is 2. The summed E-state index contributed by atoms with van der Waals surface area (Å²) in [7, 11) is 0. The van der Waals surface area contributed by atoms with Gasteiger partial charge in [0.2, 0.25) is 0 Å². The van der Waals surface area contributed by atoms with Crippen molar-refractivity contribution in [3.05, 3.63) is 36.5 Å². The summed E-state index contributed by atoms with van der Waals surface area (Å²) in [6, 6.07) is 3.50. The standard InChI is InChI=1S/C19H23FN4O2/c1-11(2)24-10-13(8-22-24)12-6-14-16(9-21-17(14)15(20)7-12)23-18(25)26-19(3,4)5/h6-11,21H,1-5H3,(H,23,25). The lowest BCUT2D eigenvalue weighted by Crippen LogP contribution is -2.27. The van der Waals surface area contributed by atoms with Crippen LogP contribution in [0.5, 0.6) is 0 Å². The smallest absolute Gasteiger partial charge is 0.412 e. The summed E-state index contributed by atoms with van der Waals surface area (Å²) in [5.74, 6) is -0.396. The third-order valence-electron chi connectivity index (χ3n) is 3.84. The maximum absolute atomic E-state index is 14.5. The zero-order valence-electron chi connectivity index (χ0n) is 15.6. The highest BCUT2D eigenvalue weighted by Crippen LogP contribution is 2.31. The highest BCUT2D eigenvalue weighted by Gasteiger charge is 2.19. The fourth-order valence-corrected chi connectivity index (χ4v) is 2.64. The van der Waals surface area contributed by atoms with Crippen molar-refractivity contribution in [1.29, 1.82) is 0 Å². The number of aromatic nitrogens is 3. The largest absolute Gasteiger partial charge is 0.444 e. The van der Waals surface area contributed by atoms with Gasteiger partial charge in [-0.05, 0) is 52.3 Å². The molecule has 0 radical (unpaired) electrons. The molecule has 6 nitrogen and oxygen atoms in total. The van der Waals surface area contributed by atoms with Crippen molar-refractivity contribution in [1.82, 2.24) is 14.8 Å². The van der Waals surface area contributed by atoms with Crippen LogP contribution in [0.2, 0.25) is 0 Å². The predicted octanol–water partition coefficient (Wildman–Crippen LogP) is 5.10. The zero-order valence-corrected chi connectivity index (χ0v) is 15.6. The molecule has 0 aliphatic carbocycles. The number of amides is 1. The van der Waals surface area contributed by atoms with E-state index in [1.54, 1.807) is 33.2 Å². The van der Waals surface area contributed by atoms with E-state index < -0.39 is 17.5 Å². The highest BCUT2D eigenvalue weighted by atomic mass is 19.1. The van der Waals surface area contributed by atoms with Crippen LogP contribution in [0.15, 0.2) is 30.7 Å². The van der Waals surface area contributed by atoms with E-state index in [-0.39, 0.29) is 6.04 Å². The molecule has 0 spiro atoms. The van der Waals surface area contributed by atoms with Gasteiger partial charge >= 0.3 is 6.09 Å². The van der Waals surface area contributed by atoms with Crippen LogP contribution in [0.4, 0.5) is 14.9 Å². The topological polar surface area (TPSA) is 71.9 Å². The molecule has 3 aromatic rings. The Morgan fingerprint density at radius 1 is 1.31 bits per heavy atom. The lowest BCUT2D eigenvalue weighted by molar-refractivity contribution is 0.0636. The fraction of sp³-hybridized carbons (Fsp3) is 0.368. The summed E-state index contributed by atoms with van der Waals surface area (Å²) in [5.41, 5.74) is 1.68. The molecule has 0 bridgehead atoms. The molecule has 0 aliphatic heterocycles. The van der Waals surface area contributed by atoms with E-state index in [0.29, 0.717) is 22.2 Å². The molecule has 1 aromatic carbocycles. The van der Waals surface area contributed by atoms with Gasteiger partial charge in [-0.3, -0.25) is 10.00 Å². The summed E-state index contributed by atoms with van der Waals surface area (Å²) in [6.07, 6.45) is 4.54. The van der Waals surface area contributed by atoms with E-state index in [1.807, 2.05) is 30.8 Å². The van der Waals surface area contributed by atoms with Crippen LogP contribution >= 0.6 is 0 Å². The third-order valence-corrected chi connectivity index (χ3v) is 3.84. The van der Waals surface area contributed by atoms with E-state index in [1.165, 1.54) is 6.07 Å². The molecule has 0 atom stereocenters. The number of carbonyl (C=O) groups is 1. The van der Waals surface area contributed by atoms with Gasteiger partial charge in [-0.15, -0.1) is 0 Å². The first-order valence-electron chi connectivity index (χ1n) is 8.49. The normalized spacial score (nSPS) is 12.0. The number of hydrogen-bond donors (Lipinski definition) is 2. The van der Waals surface area contributed by atoms with Crippen molar-refractivity contribution in [3.8, 4) is 11.1 Å². The van der Waals surface area contributed by atoms with E-state index in [9.17, 15) is 9.18 Å². The Morgan fingerprint density at radius 2 is 2.04 bits per heavy atom. The van der Waals surface area contributed by atoms with Crippen LogP contribution in [0, 0.1) is 5.82 Å². The first-order valence-corrected chi connectivity index (χ1v) is 8.49. The number of fused-ring (bicyclic) bond motifs is 1. The van der Waals surface area contributed by atoms with Crippen LogP contribution in [0.1, 0.15) is 40.7 Å². The highest BCUT2D eigenvalue weighted by molar-refractivity contribution is 6.01. The number of aromatic amines is 1. The summed E-state index contributed by atoms with van der Waals surface area (Å²) < 4.78 is 21.6. The minimum atomic E-state index is -0.613. The molecule has 2 N–H and O–H groups in total. The molecule has 0 fully saturated rings. The fourth-order valence-electron chi connectivity index (χ4n) is 2.64. The Bertz CT molecular complexity index is 950. The molecule has 0 saturated heterocycles. The van der Waals surface area contributed by atoms with E-state index in [4.69, 9.17) is 4.74 Å². The molecule has 2 aromatic heterocycles. The predicted molar refractivity (Wildman–Crippen MR) is 99.7 cm³/mol. The summed E-state index contributed by atoms with van der Waals surface area (Å²) in [6.45, 7) is 9.40. The van der Waals surface area contributed by atoms with Crippen molar-refractivity contribution in [3.63, 3.8) is 0 Å². The van der Waals surface area contributed by atoms with Crippen LogP contribution in [0.3, 0.4) is 0 Å². The minimum Gasteiger partial charge on any atom is -0.444 e. The van der Waals surface area contributed by atoms with Crippen LogP contribution in [-0.4, -0.2) is 26.5 Å². The molecule has 26 heavy (non-hydrogen) atoms.